The SMILES string of the molecule is COc1ccc(NC(=O)/C=C(/C)c2ccccc2F)cc1CO. The molecule has 4 nitrogen and oxygen atoms in total. The molecule has 0 saturated heterocycles. The van der Waals surface area contributed by atoms with Crippen LogP contribution in [0, 0.1) is 5.82 Å². The summed E-state index contributed by atoms with van der Waals surface area (Å²) in [5, 5.41) is 12.0. The van der Waals surface area contributed by atoms with Crippen molar-refractivity contribution in [1.82, 2.24) is 0 Å². The molecule has 0 saturated carbocycles. The predicted octanol–water partition coefficient (Wildman–Crippen LogP) is 3.37. The van der Waals surface area contributed by atoms with Gasteiger partial charge in [0.05, 0.1) is 13.7 Å². The number of nitrogens with one attached hydrogen (secondary N) is 1. The number of hydrogen-bond donors (Lipinski definition) is 2. The van der Waals surface area contributed by atoms with E-state index >= 15 is 0 Å². The van der Waals surface area contributed by atoms with Crippen LogP contribution < -0.4 is 10.1 Å². The van der Waals surface area contributed by atoms with Gasteiger partial charge in [-0.1, -0.05) is 18.2 Å². The van der Waals surface area contributed by atoms with E-state index in [1.165, 1.54) is 19.3 Å². The van der Waals surface area contributed by atoms with E-state index in [1.54, 1.807) is 43.3 Å². The van der Waals surface area contributed by atoms with Gasteiger partial charge in [-0.2, -0.15) is 0 Å². The van der Waals surface area contributed by atoms with Crippen LogP contribution >= 0.6 is 0 Å². The Kier molecular flexibility index (Phi) is 5.49. The minimum absolute atomic E-state index is 0.197. The van der Waals surface area contributed by atoms with Gasteiger partial charge < -0.3 is 15.2 Å². The molecule has 5 heteroatoms. The molecule has 0 aliphatic heterocycles. The Bertz CT molecular complexity index is 741. The van der Waals surface area contributed by atoms with E-state index in [-0.39, 0.29) is 18.3 Å². The van der Waals surface area contributed by atoms with Gasteiger partial charge in [-0.15, -0.1) is 0 Å². The minimum Gasteiger partial charge on any atom is -0.496 e. The molecule has 0 aromatic heterocycles. The average Bonchev–Trinajstić information content (AvgIpc) is 2.54. The molecule has 0 radical (unpaired) electrons. The molecule has 2 aromatic rings. The van der Waals surface area contributed by atoms with Crippen LogP contribution in [0.3, 0.4) is 0 Å². The number of anilines is 1. The van der Waals surface area contributed by atoms with E-state index in [0.717, 1.165) is 0 Å². The molecule has 0 fully saturated rings. The van der Waals surface area contributed by atoms with Crippen molar-refractivity contribution in [3.05, 3.63) is 65.5 Å². The molecule has 120 valence electrons. The number of amides is 1. The maximum absolute atomic E-state index is 13.7. The Hall–Kier alpha value is -2.66. The number of rotatable bonds is 5. The van der Waals surface area contributed by atoms with E-state index in [4.69, 9.17) is 4.74 Å². The van der Waals surface area contributed by atoms with Gasteiger partial charge in [-0.05, 0) is 36.8 Å². The molecule has 2 aromatic carbocycles. The Morgan fingerprint density at radius 2 is 2.04 bits per heavy atom. The van der Waals surface area contributed by atoms with Gasteiger partial charge in [0, 0.05) is 22.9 Å². The van der Waals surface area contributed by atoms with Crippen LogP contribution in [0.2, 0.25) is 0 Å². The van der Waals surface area contributed by atoms with Crippen LogP contribution in [0.5, 0.6) is 5.75 Å². The number of allylic oxidation sites excluding steroid dienone is 1. The van der Waals surface area contributed by atoms with E-state index in [1.807, 2.05) is 0 Å². The average molecular weight is 315 g/mol. The van der Waals surface area contributed by atoms with Crippen LogP contribution in [-0.2, 0) is 11.4 Å². The van der Waals surface area contributed by atoms with Crippen molar-refractivity contribution in [2.24, 2.45) is 0 Å². The summed E-state index contributed by atoms with van der Waals surface area (Å²) < 4.78 is 18.8. The number of aliphatic hydroxyl groups is 1. The lowest BCUT2D eigenvalue weighted by atomic mass is 10.1. The Morgan fingerprint density at radius 1 is 1.30 bits per heavy atom. The first-order chi connectivity index (χ1) is 11.0. The lowest BCUT2D eigenvalue weighted by molar-refractivity contribution is -0.111. The standard InChI is InChI=1S/C18H18FNO3/c1-12(15-5-3-4-6-16(15)19)9-18(22)20-14-7-8-17(23-2)13(10-14)11-21/h3-10,21H,11H2,1-2H3,(H,20,22)/b12-9-. The second-order valence-corrected chi connectivity index (χ2v) is 4.98. The summed E-state index contributed by atoms with van der Waals surface area (Å²) in [6.07, 6.45) is 1.33. The number of carbonyl (C=O) groups excluding carboxylic acids is 1. The lowest BCUT2D eigenvalue weighted by Gasteiger charge is -2.09. The number of hydrogen-bond acceptors (Lipinski definition) is 3. The van der Waals surface area contributed by atoms with E-state index in [0.29, 0.717) is 28.1 Å². The molecule has 2 rings (SSSR count). The quantitative estimate of drug-likeness (QED) is 0.832. The maximum Gasteiger partial charge on any atom is 0.248 e. The van der Waals surface area contributed by atoms with Crippen molar-refractivity contribution in [2.75, 3.05) is 12.4 Å². The largest absolute Gasteiger partial charge is 0.496 e. The fourth-order valence-electron chi connectivity index (χ4n) is 2.21. The molecule has 0 atom stereocenters. The minimum atomic E-state index is -0.375. The molecule has 0 bridgehead atoms. The van der Waals surface area contributed by atoms with Gasteiger partial charge in [0.1, 0.15) is 11.6 Å². The summed E-state index contributed by atoms with van der Waals surface area (Å²) in [5.41, 5.74) is 2.00. The molecule has 0 spiro atoms. The first-order valence-electron chi connectivity index (χ1n) is 7.07. The summed E-state index contributed by atoms with van der Waals surface area (Å²) in [6.45, 7) is 1.47. The number of carbonyl (C=O) groups is 1. The highest BCUT2D eigenvalue weighted by atomic mass is 19.1. The smallest absolute Gasteiger partial charge is 0.248 e. The highest BCUT2D eigenvalue weighted by molar-refractivity contribution is 6.03. The Morgan fingerprint density at radius 3 is 2.70 bits per heavy atom. The summed E-state index contributed by atoms with van der Waals surface area (Å²) in [6, 6.07) is 11.2. The molecule has 0 aliphatic rings. The van der Waals surface area contributed by atoms with Gasteiger partial charge in [0.25, 0.3) is 0 Å². The Labute approximate surface area is 134 Å². The first kappa shape index (κ1) is 16.7. The monoisotopic (exact) mass is 315 g/mol. The fraction of sp³-hybridized carbons (Fsp3) is 0.167. The van der Waals surface area contributed by atoms with Crippen molar-refractivity contribution in [3.63, 3.8) is 0 Å². The Balaban J connectivity index is 2.16. The zero-order valence-electron chi connectivity index (χ0n) is 13.0. The third kappa shape index (κ3) is 4.17. The fourth-order valence-corrected chi connectivity index (χ4v) is 2.21. The summed E-state index contributed by atoms with van der Waals surface area (Å²) >= 11 is 0. The third-order valence-corrected chi connectivity index (χ3v) is 3.36. The number of benzene rings is 2. The highest BCUT2D eigenvalue weighted by Crippen LogP contribution is 2.23. The molecule has 0 aliphatic carbocycles. The van der Waals surface area contributed by atoms with Crippen molar-refractivity contribution in [3.8, 4) is 5.75 Å². The predicted molar refractivity (Wildman–Crippen MR) is 87.6 cm³/mol. The molecule has 2 N–H and O–H groups in total. The van der Waals surface area contributed by atoms with Gasteiger partial charge in [0.2, 0.25) is 5.91 Å². The summed E-state index contributed by atoms with van der Waals surface area (Å²) in [5.74, 6) is -0.204. The third-order valence-electron chi connectivity index (χ3n) is 3.36. The van der Waals surface area contributed by atoms with Gasteiger partial charge >= 0.3 is 0 Å². The van der Waals surface area contributed by atoms with Gasteiger partial charge in [-0.3, -0.25) is 4.79 Å². The van der Waals surface area contributed by atoms with E-state index in [9.17, 15) is 14.3 Å². The van der Waals surface area contributed by atoms with Crippen molar-refractivity contribution >= 4 is 17.2 Å². The van der Waals surface area contributed by atoms with Crippen LogP contribution in [0.4, 0.5) is 10.1 Å². The van der Waals surface area contributed by atoms with Crippen molar-refractivity contribution < 1.29 is 19.0 Å². The number of methoxy groups -OCH3 is 1. The van der Waals surface area contributed by atoms with Crippen LogP contribution in [0.1, 0.15) is 18.1 Å². The summed E-state index contributed by atoms with van der Waals surface area (Å²) in [7, 11) is 1.51. The van der Waals surface area contributed by atoms with Crippen molar-refractivity contribution in [1.29, 1.82) is 0 Å². The van der Waals surface area contributed by atoms with Crippen LogP contribution in [0.25, 0.3) is 5.57 Å². The number of ether oxygens (including phenoxy) is 1. The van der Waals surface area contributed by atoms with E-state index in [2.05, 4.69) is 5.32 Å². The number of aliphatic hydroxyl groups excluding tert-OH is 1. The normalized spacial score (nSPS) is 11.2. The zero-order chi connectivity index (χ0) is 16.8. The second-order valence-electron chi connectivity index (χ2n) is 4.98. The second kappa shape index (κ2) is 7.56. The molecule has 0 heterocycles. The topological polar surface area (TPSA) is 58.6 Å². The zero-order valence-corrected chi connectivity index (χ0v) is 13.0. The molecule has 1 amide bonds. The number of halogens is 1. The molecular weight excluding hydrogens is 297 g/mol. The van der Waals surface area contributed by atoms with E-state index < -0.39 is 0 Å². The molecular formula is C18H18FNO3. The lowest BCUT2D eigenvalue weighted by Crippen LogP contribution is -2.09. The molecule has 0 unspecified atom stereocenters. The molecule has 23 heavy (non-hydrogen) atoms. The highest BCUT2D eigenvalue weighted by Gasteiger charge is 2.07. The first-order valence-corrected chi connectivity index (χ1v) is 7.07. The van der Waals surface area contributed by atoms with Crippen molar-refractivity contribution in [2.45, 2.75) is 13.5 Å². The van der Waals surface area contributed by atoms with Crippen LogP contribution in [0.15, 0.2) is 48.5 Å². The van der Waals surface area contributed by atoms with Crippen LogP contribution in [-0.4, -0.2) is 18.1 Å². The summed E-state index contributed by atoms with van der Waals surface area (Å²) in [4.78, 5) is 12.1. The maximum atomic E-state index is 13.7. The van der Waals surface area contributed by atoms with Gasteiger partial charge in [-0.25, -0.2) is 4.39 Å². The van der Waals surface area contributed by atoms with Gasteiger partial charge in [0.15, 0.2) is 0 Å².